The molecular formula is C12H13F3O4. The van der Waals surface area contributed by atoms with Crippen LogP contribution in [0.2, 0.25) is 0 Å². The molecule has 0 aliphatic heterocycles. The Morgan fingerprint density at radius 2 is 1.74 bits per heavy atom. The average Bonchev–Trinajstić information content (AvgIpc) is 2.27. The summed E-state index contributed by atoms with van der Waals surface area (Å²) in [6, 6.07) is 3.30. The van der Waals surface area contributed by atoms with Crippen molar-refractivity contribution in [1.29, 1.82) is 0 Å². The highest BCUT2D eigenvalue weighted by molar-refractivity contribution is 5.90. The van der Waals surface area contributed by atoms with Gasteiger partial charge in [-0.3, -0.25) is 0 Å². The predicted octanol–water partition coefficient (Wildman–Crippen LogP) is 3.16. The molecule has 0 aliphatic carbocycles. The van der Waals surface area contributed by atoms with E-state index in [0.29, 0.717) is 0 Å². The highest BCUT2D eigenvalue weighted by Gasteiger charge is 2.31. The van der Waals surface area contributed by atoms with Crippen LogP contribution in [0.4, 0.5) is 13.2 Å². The minimum atomic E-state index is -4.84. The second-order valence-electron chi connectivity index (χ2n) is 3.39. The Morgan fingerprint density at radius 3 is 2.26 bits per heavy atom. The van der Waals surface area contributed by atoms with Gasteiger partial charge in [0.25, 0.3) is 0 Å². The van der Waals surface area contributed by atoms with Crippen LogP contribution in [0.25, 0.3) is 0 Å². The van der Waals surface area contributed by atoms with Crippen molar-refractivity contribution in [3.8, 4) is 11.5 Å². The zero-order valence-corrected chi connectivity index (χ0v) is 10.4. The summed E-state index contributed by atoms with van der Waals surface area (Å²) in [5.74, 6) is -1.16. The number of hydrogen-bond donors (Lipinski definition) is 0. The summed E-state index contributed by atoms with van der Waals surface area (Å²) in [6.07, 6.45) is -4.84. The molecule has 0 bridgehead atoms. The highest BCUT2D eigenvalue weighted by atomic mass is 19.4. The smallest absolute Gasteiger partial charge is 0.494 e. The van der Waals surface area contributed by atoms with Gasteiger partial charge in [-0.25, -0.2) is 4.79 Å². The Balaban J connectivity index is 3.06. The Hall–Kier alpha value is -1.92. The van der Waals surface area contributed by atoms with Gasteiger partial charge in [-0.15, -0.1) is 13.2 Å². The molecule has 0 N–H and O–H groups in total. The number of carbonyl (C=O) groups excluding carboxylic acids is 1. The molecule has 0 spiro atoms. The molecule has 1 rings (SSSR count). The van der Waals surface area contributed by atoms with Crippen LogP contribution in [0.15, 0.2) is 18.2 Å². The first-order valence-corrected chi connectivity index (χ1v) is 5.56. The van der Waals surface area contributed by atoms with Crippen molar-refractivity contribution in [1.82, 2.24) is 0 Å². The number of carbonyl (C=O) groups is 1. The number of alkyl halides is 3. The van der Waals surface area contributed by atoms with E-state index >= 15 is 0 Å². The largest absolute Gasteiger partial charge is 0.573 e. The lowest BCUT2D eigenvalue weighted by Gasteiger charge is -2.12. The molecule has 0 saturated carbocycles. The van der Waals surface area contributed by atoms with Gasteiger partial charge < -0.3 is 14.2 Å². The van der Waals surface area contributed by atoms with Crippen molar-refractivity contribution in [3.63, 3.8) is 0 Å². The van der Waals surface area contributed by atoms with Gasteiger partial charge in [0.1, 0.15) is 11.5 Å². The molecule has 4 nitrogen and oxygen atoms in total. The van der Waals surface area contributed by atoms with Crippen LogP contribution in [-0.4, -0.2) is 25.5 Å². The molecule has 0 atom stereocenters. The third-order valence-electron chi connectivity index (χ3n) is 1.94. The third-order valence-corrected chi connectivity index (χ3v) is 1.94. The molecule has 106 valence electrons. The fourth-order valence-electron chi connectivity index (χ4n) is 1.35. The average molecular weight is 278 g/mol. The molecule has 0 saturated heterocycles. The number of rotatable bonds is 5. The second-order valence-corrected chi connectivity index (χ2v) is 3.39. The minimum Gasteiger partial charge on any atom is -0.494 e. The predicted molar refractivity (Wildman–Crippen MR) is 60.3 cm³/mol. The van der Waals surface area contributed by atoms with E-state index in [9.17, 15) is 18.0 Å². The number of ether oxygens (including phenoxy) is 3. The van der Waals surface area contributed by atoms with Crippen LogP contribution >= 0.6 is 0 Å². The first-order chi connectivity index (χ1) is 8.85. The van der Waals surface area contributed by atoms with E-state index in [1.807, 2.05) is 0 Å². The Labute approximate surface area is 108 Å². The maximum Gasteiger partial charge on any atom is 0.573 e. The Kier molecular flexibility index (Phi) is 5.02. The molecule has 7 heteroatoms. The van der Waals surface area contributed by atoms with Crippen LogP contribution in [0.5, 0.6) is 11.5 Å². The summed E-state index contributed by atoms with van der Waals surface area (Å²) in [5.41, 5.74) is -0.0629. The molecule has 0 unspecified atom stereocenters. The molecule has 1 aromatic carbocycles. The molecule has 0 radical (unpaired) electrons. The first kappa shape index (κ1) is 15.1. The Morgan fingerprint density at radius 1 is 1.11 bits per heavy atom. The summed E-state index contributed by atoms with van der Waals surface area (Å²) < 4.78 is 50.0. The summed E-state index contributed by atoms with van der Waals surface area (Å²) in [6.45, 7) is 3.63. The van der Waals surface area contributed by atoms with Crippen LogP contribution < -0.4 is 9.47 Å². The molecule has 0 aromatic heterocycles. The van der Waals surface area contributed by atoms with E-state index in [-0.39, 0.29) is 24.5 Å². The quantitative estimate of drug-likeness (QED) is 0.776. The lowest BCUT2D eigenvalue weighted by molar-refractivity contribution is -0.274. The van der Waals surface area contributed by atoms with Crippen molar-refractivity contribution in [2.45, 2.75) is 20.2 Å². The van der Waals surface area contributed by atoms with Gasteiger partial charge in [-0.05, 0) is 26.0 Å². The van der Waals surface area contributed by atoms with Crippen molar-refractivity contribution < 1.29 is 32.2 Å². The lowest BCUT2D eigenvalue weighted by atomic mass is 10.2. The van der Waals surface area contributed by atoms with Gasteiger partial charge in [0.05, 0.1) is 18.8 Å². The summed E-state index contributed by atoms with van der Waals surface area (Å²) in [5, 5.41) is 0. The van der Waals surface area contributed by atoms with E-state index in [1.54, 1.807) is 13.8 Å². The number of esters is 1. The lowest BCUT2D eigenvalue weighted by Crippen LogP contribution is -2.17. The molecule has 0 aliphatic rings. The second kappa shape index (κ2) is 6.31. The molecule has 0 amide bonds. The van der Waals surface area contributed by atoms with E-state index in [0.717, 1.165) is 12.1 Å². The first-order valence-electron chi connectivity index (χ1n) is 5.56. The van der Waals surface area contributed by atoms with Crippen LogP contribution in [-0.2, 0) is 4.74 Å². The SMILES string of the molecule is CCOC(=O)c1cc(OCC)cc(OC(F)(F)F)c1. The fraction of sp³-hybridized carbons (Fsp3) is 0.417. The van der Waals surface area contributed by atoms with Gasteiger partial charge in [0.15, 0.2) is 0 Å². The zero-order valence-electron chi connectivity index (χ0n) is 10.4. The van der Waals surface area contributed by atoms with E-state index in [2.05, 4.69) is 4.74 Å². The van der Waals surface area contributed by atoms with Gasteiger partial charge >= 0.3 is 12.3 Å². The van der Waals surface area contributed by atoms with Crippen LogP contribution in [0.1, 0.15) is 24.2 Å². The van der Waals surface area contributed by atoms with Crippen molar-refractivity contribution in [3.05, 3.63) is 23.8 Å². The number of benzene rings is 1. The monoisotopic (exact) mass is 278 g/mol. The highest BCUT2D eigenvalue weighted by Crippen LogP contribution is 2.28. The van der Waals surface area contributed by atoms with Crippen molar-refractivity contribution in [2.75, 3.05) is 13.2 Å². The molecule has 0 heterocycles. The van der Waals surface area contributed by atoms with Gasteiger partial charge in [0.2, 0.25) is 0 Å². The van der Waals surface area contributed by atoms with E-state index < -0.39 is 18.1 Å². The van der Waals surface area contributed by atoms with E-state index in [4.69, 9.17) is 9.47 Å². The fourth-order valence-corrected chi connectivity index (χ4v) is 1.35. The minimum absolute atomic E-state index is 0.0629. The van der Waals surface area contributed by atoms with Crippen LogP contribution in [0.3, 0.4) is 0 Å². The topological polar surface area (TPSA) is 44.8 Å². The van der Waals surface area contributed by atoms with Gasteiger partial charge in [-0.1, -0.05) is 0 Å². The summed E-state index contributed by atoms with van der Waals surface area (Å²) >= 11 is 0. The third kappa shape index (κ3) is 5.07. The van der Waals surface area contributed by atoms with Crippen molar-refractivity contribution >= 4 is 5.97 Å². The maximum atomic E-state index is 12.2. The molecule has 0 fully saturated rings. The molecular weight excluding hydrogens is 265 g/mol. The Bertz CT molecular complexity index is 443. The van der Waals surface area contributed by atoms with Crippen LogP contribution in [0, 0.1) is 0 Å². The normalized spacial score (nSPS) is 11.0. The zero-order chi connectivity index (χ0) is 14.5. The standard InChI is InChI=1S/C12H13F3O4/c1-3-17-9-5-8(11(16)18-4-2)6-10(7-9)19-12(13,14)15/h5-7H,3-4H2,1-2H3. The maximum absolute atomic E-state index is 12.2. The van der Waals surface area contributed by atoms with Crippen molar-refractivity contribution in [2.24, 2.45) is 0 Å². The molecule has 1 aromatic rings. The number of halogens is 3. The molecule has 19 heavy (non-hydrogen) atoms. The van der Waals surface area contributed by atoms with Gasteiger partial charge in [-0.2, -0.15) is 0 Å². The summed E-state index contributed by atoms with van der Waals surface area (Å²) in [7, 11) is 0. The summed E-state index contributed by atoms with van der Waals surface area (Å²) in [4.78, 5) is 11.5. The van der Waals surface area contributed by atoms with E-state index in [1.165, 1.54) is 6.07 Å². The van der Waals surface area contributed by atoms with Gasteiger partial charge in [0, 0.05) is 6.07 Å². The number of hydrogen-bond acceptors (Lipinski definition) is 4.